The van der Waals surface area contributed by atoms with Crippen molar-refractivity contribution >= 4 is 11.3 Å². The number of hydrogen-bond donors (Lipinski definition) is 1. The highest BCUT2D eigenvalue weighted by Crippen LogP contribution is 2.26. The van der Waals surface area contributed by atoms with Gasteiger partial charge in [0.05, 0.1) is 18.1 Å². The van der Waals surface area contributed by atoms with Crippen LogP contribution in [0.25, 0.3) is 0 Å². The van der Waals surface area contributed by atoms with Gasteiger partial charge in [0.25, 0.3) is 0 Å². The van der Waals surface area contributed by atoms with Crippen LogP contribution in [-0.2, 0) is 7.05 Å². The van der Waals surface area contributed by atoms with E-state index >= 15 is 0 Å². The number of aryl methyl sites for hydroxylation is 2. The van der Waals surface area contributed by atoms with Crippen molar-refractivity contribution in [2.75, 3.05) is 7.05 Å². The Morgan fingerprint density at radius 3 is 2.73 bits per heavy atom. The zero-order valence-electron chi connectivity index (χ0n) is 9.19. The molecule has 0 spiro atoms. The lowest BCUT2D eigenvalue weighted by Gasteiger charge is -2.11. The lowest BCUT2D eigenvalue weighted by molar-refractivity contribution is 0.685. The SMILES string of the molecule is CNC(c1cn(C)cn1)c1ccc(C)s1. The molecule has 0 amide bonds. The third-order valence-corrected chi connectivity index (χ3v) is 3.42. The molecule has 0 fully saturated rings. The fourth-order valence-corrected chi connectivity index (χ4v) is 2.63. The lowest BCUT2D eigenvalue weighted by atomic mass is 10.2. The van der Waals surface area contributed by atoms with Crippen molar-refractivity contribution in [3.8, 4) is 0 Å². The summed E-state index contributed by atoms with van der Waals surface area (Å²) in [4.78, 5) is 7.03. The third-order valence-electron chi connectivity index (χ3n) is 2.35. The van der Waals surface area contributed by atoms with Crippen LogP contribution in [0.5, 0.6) is 0 Å². The van der Waals surface area contributed by atoms with Crippen molar-refractivity contribution in [2.45, 2.75) is 13.0 Å². The number of hydrogen-bond acceptors (Lipinski definition) is 3. The van der Waals surface area contributed by atoms with E-state index in [-0.39, 0.29) is 6.04 Å². The molecule has 0 radical (unpaired) electrons. The maximum absolute atomic E-state index is 4.38. The van der Waals surface area contributed by atoms with Gasteiger partial charge in [-0.3, -0.25) is 0 Å². The molecule has 4 heteroatoms. The number of aromatic nitrogens is 2. The quantitative estimate of drug-likeness (QED) is 0.860. The van der Waals surface area contributed by atoms with E-state index in [4.69, 9.17) is 0 Å². The van der Waals surface area contributed by atoms with Gasteiger partial charge in [0.1, 0.15) is 0 Å². The summed E-state index contributed by atoms with van der Waals surface area (Å²) in [5.41, 5.74) is 1.07. The van der Waals surface area contributed by atoms with Gasteiger partial charge in [0.2, 0.25) is 0 Å². The van der Waals surface area contributed by atoms with Crippen LogP contribution in [0.15, 0.2) is 24.7 Å². The Morgan fingerprint density at radius 2 is 2.27 bits per heavy atom. The van der Waals surface area contributed by atoms with E-state index in [0.717, 1.165) is 5.69 Å². The fourth-order valence-electron chi connectivity index (χ4n) is 1.63. The summed E-state index contributed by atoms with van der Waals surface area (Å²) < 4.78 is 1.97. The smallest absolute Gasteiger partial charge is 0.0947 e. The molecule has 0 aliphatic heterocycles. The number of thiophene rings is 1. The molecule has 0 saturated heterocycles. The van der Waals surface area contributed by atoms with Gasteiger partial charge >= 0.3 is 0 Å². The minimum absolute atomic E-state index is 0.213. The van der Waals surface area contributed by atoms with Gasteiger partial charge in [0, 0.05) is 23.0 Å². The molecule has 3 nitrogen and oxygen atoms in total. The van der Waals surface area contributed by atoms with E-state index in [1.165, 1.54) is 9.75 Å². The molecule has 0 bridgehead atoms. The van der Waals surface area contributed by atoms with Gasteiger partial charge in [0.15, 0.2) is 0 Å². The van der Waals surface area contributed by atoms with Crippen molar-refractivity contribution in [3.05, 3.63) is 40.1 Å². The number of nitrogens with one attached hydrogen (secondary N) is 1. The van der Waals surface area contributed by atoms with Crippen molar-refractivity contribution in [1.29, 1.82) is 0 Å². The Labute approximate surface area is 93.8 Å². The highest BCUT2D eigenvalue weighted by atomic mass is 32.1. The maximum Gasteiger partial charge on any atom is 0.0947 e. The minimum atomic E-state index is 0.213. The molecule has 1 N–H and O–H groups in total. The van der Waals surface area contributed by atoms with Gasteiger partial charge in [-0.1, -0.05) is 0 Å². The lowest BCUT2D eigenvalue weighted by Crippen LogP contribution is -2.16. The number of nitrogens with zero attached hydrogens (tertiary/aromatic N) is 2. The highest BCUT2D eigenvalue weighted by Gasteiger charge is 2.15. The first-order chi connectivity index (χ1) is 7.20. The minimum Gasteiger partial charge on any atom is -0.340 e. The van der Waals surface area contributed by atoms with Crippen LogP contribution in [0.3, 0.4) is 0 Å². The average molecular weight is 221 g/mol. The molecule has 1 unspecified atom stereocenters. The van der Waals surface area contributed by atoms with E-state index in [0.29, 0.717) is 0 Å². The Balaban J connectivity index is 2.32. The normalized spacial score (nSPS) is 13.0. The topological polar surface area (TPSA) is 29.9 Å². The average Bonchev–Trinajstić information content (AvgIpc) is 2.78. The van der Waals surface area contributed by atoms with Gasteiger partial charge in [-0.25, -0.2) is 4.98 Å². The summed E-state index contributed by atoms with van der Waals surface area (Å²) in [5.74, 6) is 0. The molecular formula is C11H15N3S. The van der Waals surface area contributed by atoms with Gasteiger partial charge in [-0.15, -0.1) is 11.3 Å². The first kappa shape index (κ1) is 10.4. The summed E-state index contributed by atoms with van der Waals surface area (Å²) >= 11 is 1.81. The van der Waals surface area contributed by atoms with Crippen LogP contribution >= 0.6 is 11.3 Å². The standard InChI is InChI=1S/C11H15N3S/c1-8-4-5-10(15-8)11(12-2)9-6-14(3)7-13-9/h4-7,11-12H,1-3H3. The molecule has 15 heavy (non-hydrogen) atoms. The van der Waals surface area contributed by atoms with E-state index in [9.17, 15) is 0 Å². The number of rotatable bonds is 3. The van der Waals surface area contributed by atoms with Gasteiger partial charge < -0.3 is 9.88 Å². The molecule has 2 heterocycles. The van der Waals surface area contributed by atoms with Crippen LogP contribution in [0, 0.1) is 6.92 Å². The largest absolute Gasteiger partial charge is 0.340 e. The Bertz CT molecular complexity index is 404. The molecule has 0 aliphatic rings. The Kier molecular flexibility index (Phi) is 2.88. The second-order valence-corrected chi connectivity index (χ2v) is 4.95. The molecule has 1 atom stereocenters. The highest BCUT2D eigenvalue weighted by molar-refractivity contribution is 7.12. The van der Waals surface area contributed by atoms with Crippen molar-refractivity contribution in [3.63, 3.8) is 0 Å². The molecule has 2 rings (SSSR count). The van der Waals surface area contributed by atoms with E-state index in [2.05, 4.69) is 35.6 Å². The van der Waals surface area contributed by atoms with E-state index in [1.54, 1.807) is 0 Å². The molecule has 2 aromatic heterocycles. The molecule has 80 valence electrons. The Morgan fingerprint density at radius 1 is 1.47 bits per heavy atom. The zero-order chi connectivity index (χ0) is 10.8. The zero-order valence-corrected chi connectivity index (χ0v) is 10.0. The molecule has 0 saturated carbocycles. The van der Waals surface area contributed by atoms with Crippen LogP contribution in [-0.4, -0.2) is 16.6 Å². The predicted molar refractivity (Wildman–Crippen MR) is 63.2 cm³/mol. The second-order valence-electron chi connectivity index (χ2n) is 3.63. The monoisotopic (exact) mass is 221 g/mol. The summed E-state index contributed by atoms with van der Waals surface area (Å²) in [6, 6.07) is 4.52. The Hall–Kier alpha value is -1.13. The van der Waals surface area contributed by atoms with Crippen molar-refractivity contribution in [1.82, 2.24) is 14.9 Å². The predicted octanol–water partition coefficient (Wildman–Crippen LogP) is 2.10. The van der Waals surface area contributed by atoms with E-state index < -0.39 is 0 Å². The van der Waals surface area contributed by atoms with E-state index in [1.807, 2.05) is 36.3 Å². The number of imidazole rings is 1. The first-order valence-corrected chi connectivity index (χ1v) is 5.74. The maximum atomic E-state index is 4.38. The molecule has 2 aromatic rings. The molecular weight excluding hydrogens is 206 g/mol. The van der Waals surface area contributed by atoms with Gasteiger partial charge in [-0.2, -0.15) is 0 Å². The van der Waals surface area contributed by atoms with Crippen molar-refractivity contribution < 1.29 is 0 Å². The van der Waals surface area contributed by atoms with Crippen LogP contribution in [0.1, 0.15) is 21.5 Å². The van der Waals surface area contributed by atoms with Gasteiger partial charge in [-0.05, 0) is 26.1 Å². The summed E-state index contributed by atoms with van der Waals surface area (Å²) in [7, 11) is 3.96. The molecule has 0 aliphatic carbocycles. The fraction of sp³-hybridized carbons (Fsp3) is 0.364. The second kappa shape index (κ2) is 4.16. The van der Waals surface area contributed by atoms with Crippen LogP contribution in [0.2, 0.25) is 0 Å². The van der Waals surface area contributed by atoms with Crippen molar-refractivity contribution in [2.24, 2.45) is 7.05 Å². The van der Waals surface area contributed by atoms with Crippen LogP contribution in [0.4, 0.5) is 0 Å². The summed E-state index contributed by atoms with van der Waals surface area (Å²) in [6.45, 7) is 2.12. The summed E-state index contributed by atoms with van der Waals surface area (Å²) in [6.07, 6.45) is 3.89. The summed E-state index contributed by atoms with van der Waals surface area (Å²) in [5, 5.41) is 3.30. The van der Waals surface area contributed by atoms with Crippen LogP contribution < -0.4 is 5.32 Å². The third kappa shape index (κ3) is 2.11. The molecule has 0 aromatic carbocycles. The first-order valence-electron chi connectivity index (χ1n) is 4.92.